The van der Waals surface area contributed by atoms with Gasteiger partial charge in [-0.25, -0.2) is 4.39 Å². The van der Waals surface area contributed by atoms with Gasteiger partial charge >= 0.3 is 0 Å². The SMILES string of the molecule is Cc1cc(N)c(F)cc1-c1ccc2c(cnn2C)c1. The highest BCUT2D eigenvalue weighted by Gasteiger charge is 2.08. The summed E-state index contributed by atoms with van der Waals surface area (Å²) in [5, 5.41) is 5.25. The number of anilines is 1. The lowest BCUT2D eigenvalue weighted by molar-refractivity contribution is 0.632. The van der Waals surface area contributed by atoms with Crippen molar-refractivity contribution in [3.63, 3.8) is 0 Å². The van der Waals surface area contributed by atoms with Crippen LogP contribution in [0.4, 0.5) is 10.1 Å². The molecular formula is C15H14FN3. The van der Waals surface area contributed by atoms with Crippen LogP contribution in [0.3, 0.4) is 0 Å². The van der Waals surface area contributed by atoms with Gasteiger partial charge in [0.1, 0.15) is 5.82 Å². The molecule has 1 aromatic heterocycles. The van der Waals surface area contributed by atoms with Crippen LogP contribution in [-0.4, -0.2) is 9.78 Å². The zero-order valence-electron chi connectivity index (χ0n) is 10.8. The first kappa shape index (κ1) is 11.7. The highest BCUT2D eigenvalue weighted by Crippen LogP contribution is 2.29. The third-order valence-electron chi connectivity index (χ3n) is 3.40. The van der Waals surface area contributed by atoms with Gasteiger partial charge in [-0.05, 0) is 47.9 Å². The molecule has 3 aromatic rings. The van der Waals surface area contributed by atoms with Gasteiger partial charge in [0, 0.05) is 12.4 Å². The number of hydrogen-bond donors (Lipinski definition) is 1. The summed E-state index contributed by atoms with van der Waals surface area (Å²) in [6, 6.07) is 9.13. The largest absolute Gasteiger partial charge is 0.396 e. The minimum atomic E-state index is -0.383. The number of nitrogen functional groups attached to an aromatic ring is 1. The summed E-state index contributed by atoms with van der Waals surface area (Å²) in [6.45, 7) is 1.93. The molecule has 2 N–H and O–H groups in total. The second-order valence-electron chi connectivity index (χ2n) is 4.73. The predicted molar refractivity (Wildman–Crippen MR) is 75.3 cm³/mol. The number of rotatable bonds is 1. The zero-order chi connectivity index (χ0) is 13.6. The van der Waals surface area contributed by atoms with E-state index in [0.29, 0.717) is 0 Å². The normalized spacial score (nSPS) is 11.1. The summed E-state index contributed by atoms with van der Waals surface area (Å²) in [7, 11) is 1.90. The highest BCUT2D eigenvalue weighted by atomic mass is 19.1. The van der Waals surface area contributed by atoms with Crippen molar-refractivity contribution >= 4 is 16.6 Å². The molecule has 0 fully saturated rings. The quantitative estimate of drug-likeness (QED) is 0.678. The van der Waals surface area contributed by atoms with E-state index in [9.17, 15) is 4.39 Å². The molecule has 0 bridgehead atoms. The van der Waals surface area contributed by atoms with Crippen LogP contribution in [0.5, 0.6) is 0 Å². The molecule has 0 aliphatic heterocycles. The van der Waals surface area contributed by atoms with Crippen molar-refractivity contribution in [1.82, 2.24) is 9.78 Å². The number of aromatic nitrogens is 2. The van der Waals surface area contributed by atoms with Crippen LogP contribution in [-0.2, 0) is 7.05 Å². The molecule has 0 atom stereocenters. The van der Waals surface area contributed by atoms with Crippen molar-refractivity contribution < 1.29 is 4.39 Å². The van der Waals surface area contributed by atoms with E-state index in [2.05, 4.69) is 5.10 Å². The molecule has 0 saturated carbocycles. The van der Waals surface area contributed by atoms with Crippen molar-refractivity contribution in [1.29, 1.82) is 0 Å². The molecule has 4 heteroatoms. The lowest BCUT2D eigenvalue weighted by atomic mass is 9.99. The third-order valence-corrected chi connectivity index (χ3v) is 3.40. The number of nitrogens with two attached hydrogens (primary N) is 1. The van der Waals surface area contributed by atoms with Gasteiger partial charge in [-0.15, -0.1) is 0 Å². The third kappa shape index (κ3) is 1.85. The summed E-state index contributed by atoms with van der Waals surface area (Å²) in [5.74, 6) is -0.383. The van der Waals surface area contributed by atoms with Crippen LogP contribution >= 0.6 is 0 Å². The van der Waals surface area contributed by atoms with Crippen LogP contribution < -0.4 is 5.73 Å². The van der Waals surface area contributed by atoms with E-state index in [4.69, 9.17) is 5.73 Å². The van der Waals surface area contributed by atoms with Crippen molar-refractivity contribution in [2.24, 2.45) is 7.05 Å². The summed E-state index contributed by atoms with van der Waals surface area (Å²) in [5.41, 5.74) is 9.60. The number of nitrogens with zero attached hydrogens (tertiary/aromatic N) is 2. The van der Waals surface area contributed by atoms with Crippen LogP contribution in [0, 0.1) is 12.7 Å². The first-order chi connectivity index (χ1) is 9.06. The fourth-order valence-corrected chi connectivity index (χ4v) is 2.35. The minimum absolute atomic E-state index is 0.184. The fraction of sp³-hybridized carbons (Fsp3) is 0.133. The molecule has 1 heterocycles. The van der Waals surface area contributed by atoms with E-state index in [1.54, 1.807) is 6.07 Å². The monoisotopic (exact) mass is 255 g/mol. The Hall–Kier alpha value is -2.36. The molecule has 0 aliphatic carbocycles. The molecule has 0 amide bonds. The summed E-state index contributed by atoms with van der Waals surface area (Å²) < 4.78 is 15.4. The second kappa shape index (κ2) is 4.09. The molecular weight excluding hydrogens is 241 g/mol. The zero-order valence-corrected chi connectivity index (χ0v) is 10.8. The molecule has 0 aliphatic rings. The molecule has 0 spiro atoms. The minimum Gasteiger partial charge on any atom is -0.396 e. The number of aryl methyl sites for hydroxylation is 2. The smallest absolute Gasteiger partial charge is 0.146 e. The van der Waals surface area contributed by atoms with E-state index >= 15 is 0 Å². The standard InChI is InChI=1S/C15H14FN3/c1-9-5-14(17)13(16)7-12(9)10-3-4-15-11(6-10)8-18-19(15)2/h3-8H,17H2,1-2H3. The first-order valence-corrected chi connectivity index (χ1v) is 6.04. The molecule has 3 rings (SSSR count). The average molecular weight is 255 g/mol. The number of benzene rings is 2. The Morgan fingerprint density at radius 1 is 1.21 bits per heavy atom. The van der Waals surface area contributed by atoms with Gasteiger partial charge in [-0.2, -0.15) is 5.10 Å². The molecule has 19 heavy (non-hydrogen) atoms. The van der Waals surface area contributed by atoms with Crippen LogP contribution in [0.25, 0.3) is 22.0 Å². The molecule has 0 radical (unpaired) electrons. The van der Waals surface area contributed by atoms with E-state index < -0.39 is 0 Å². The van der Waals surface area contributed by atoms with Crippen LogP contribution in [0.15, 0.2) is 36.5 Å². The molecule has 3 nitrogen and oxygen atoms in total. The Bertz CT molecular complexity index is 774. The summed E-state index contributed by atoms with van der Waals surface area (Å²) >= 11 is 0. The molecule has 2 aromatic carbocycles. The average Bonchev–Trinajstić information content (AvgIpc) is 2.75. The number of halogens is 1. The van der Waals surface area contributed by atoms with Crippen LogP contribution in [0.1, 0.15) is 5.56 Å². The van der Waals surface area contributed by atoms with Gasteiger partial charge in [-0.3, -0.25) is 4.68 Å². The maximum absolute atomic E-state index is 13.6. The topological polar surface area (TPSA) is 43.8 Å². The molecule has 0 saturated heterocycles. The molecule has 96 valence electrons. The van der Waals surface area contributed by atoms with Crippen molar-refractivity contribution in [2.45, 2.75) is 6.92 Å². The summed E-state index contributed by atoms with van der Waals surface area (Å²) in [4.78, 5) is 0. The van der Waals surface area contributed by atoms with E-state index in [1.165, 1.54) is 6.07 Å². The Morgan fingerprint density at radius 2 is 2.00 bits per heavy atom. The Kier molecular flexibility index (Phi) is 2.52. The van der Waals surface area contributed by atoms with Gasteiger partial charge < -0.3 is 5.73 Å². The van der Waals surface area contributed by atoms with Crippen LogP contribution in [0.2, 0.25) is 0 Å². The van der Waals surface area contributed by atoms with Crippen molar-refractivity contribution in [2.75, 3.05) is 5.73 Å². The van der Waals surface area contributed by atoms with E-state index in [-0.39, 0.29) is 11.5 Å². The Morgan fingerprint density at radius 3 is 2.79 bits per heavy atom. The van der Waals surface area contributed by atoms with Gasteiger partial charge in [0.15, 0.2) is 0 Å². The second-order valence-corrected chi connectivity index (χ2v) is 4.73. The Labute approximate surface area is 110 Å². The lowest BCUT2D eigenvalue weighted by Crippen LogP contribution is -1.94. The van der Waals surface area contributed by atoms with Gasteiger partial charge in [0.25, 0.3) is 0 Å². The Balaban J connectivity index is 2.21. The molecule has 0 unspecified atom stereocenters. The fourth-order valence-electron chi connectivity index (χ4n) is 2.35. The number of fused-ring (bicyclic) bond motifs is 1. The van der Waals surface area contributed by atoms with Gasteiger partial charge in [0.05, 0.1) is 17.4 Å². The van der Waals surface area contributed by atoms with Gasteiger partial charge in [-0.1, -0.05) is 6.07 Å². The maximum atomic E-state index is 13.6. The van der Waals surface area contributed by atoms with Gasteiger partial charge in [0.2, 0.25) is 0 Å². The van der Waals surface area contributed by atoms with E-state index in [0.717, 1.165) is 27.6 Å². The van der Waals surface area contributed by atoms with E-state index in [1.807, 2.05) is 43.0 Å². The predicted octanol–water partition coefficient (Wildman–Crippen LogP) is 3.27. The van der Waals surface area contributed by atoms with Crippen molar-refractivity contribution in [3.05, 3.63) is 47.9 Å². The first-order valence-electron chi connectivity index (χ1n) is 6.04. The highest BCUT2D eigenvalue weighted by molar-refractivity contribution is 5.85. The van der Waals surface area contributed by atoms with Crippen molar-refractivity contribution in [3.8, 4) is 11.1 Å². The maximum Gasteiger partial charge on any atom is 0.146 e. The lowest BCUT2D eigenvalue weighted by Gasteiger charge is -2.08. The summed E-state index contributed by atoms with van der Waals surface area (Å²) in [6.07, 6.45) is 1.81. The number of hydrogen-bond acceptors (Lipinski definition) is 2.